The highest BCUT2D eigenvalue weighted by Gasteiger charge is 2.54. The van der Waals surface area contributed by atoms with Gasteiger partial charge in [-0.1, -0.05) is 102 Å². The van der Waals surface area contributed by atoms with Crippen molar-refractivity contribution in [3.05, 3.63) is 142 Å². The summed E-state index contributed by atoms with van der Waals surface area (Å²) >= 11 is 2.53. The minimum atomic E-state index is -1.33. The summed E-state index contributed by atoms with van der Waals surface area (Å²) in [5.41, 5.74) is 2.84. The number of carbonyl (C=O) groups is 4. The van der Waals surface area contributed by atoms with Crippen LogP contribution in [0.2, 0.25) is 0 Å². The van der Waals surface area contributed by atoms with E-state index >= 15 is 0 Å². The molecule has 2 amide bonds. The summed E-state index contributed by atoms with van der Waals surface area (Å²) in [6.07, 6.45) is 1.30. The molecule has 1 fully saturated rings. The highest BCUT2D eigenvalue weighted by atomic mass is 32.2. The first-order chi connectivity index (χ1) is 25.1. The fourth-order valence-electron chi connectivity index (χ4n) is 6.12. The molecule has 1 saturated heterocycles. The van der Waals surface area contributed by atoms with Gasteiger partial charge in [0.1, 0.15) is 42.1 Å². The maximum Gasteiger partial charge on any atom is 0.352 e. The summed E-state index contributed by atoms with van der Waals surface area (Å²) < 4.78 is 5.22. The number of ether oxygens (including phenoxy) is 1. The molecule has 0 spiro atoms. The fourth-order valence-corrected chi connectivity index (χ4v) is 8.19. The zero-order valence-corrected chi connectivity index (χ0v) is 30.1. The predicted molar refractivity (Wildman–Crippen MR) is 199 cm³/mol. The number of rotatable bonds is 13. The van der Waals surface area contributed by atoms with Crippen LogP contribution >= 0.6 is 23.1 Å². The second-order valence-electron chi connectivity index (χ2n) is 12.1. The van der Waals surface area contributed by atoms with Crippen molar-refractivity contribution in [3.63, 3.8) is 0 Å². The number of carboxylic acids is 1. The molecule has 266 valence electrons. The van der Waals surface area contributed by atoms with Crippen molar-refractivity contribution < 1.29 is 33.9 Å². The first kappa shape index (κ1) is 36.1. The van der Waals surface area contributed by atoms with E-state index < -0.39 is 40.7 Å². The van der Waals surface area contributed by atoms with Crippen LogP contribution < -0.4 is 10.6 Å². The molecule has 52 heavy (non-hydrogen) atoms. The van der Waals surface area contributed by atoms with Crippen molar-refractivity contribution in [3.8, 4) is 0 Å². The molecule has 3 N–H and O–H groups in total. The van der Waals surface area contributed by atoms with Crippen LogP contribution in [0.3, 0.4) is 0 Å². The van der Waals surface area contributed by atoms with Gasteiger partial charge in [0.15, 0.2) is 10.8 Å². The summed E-state index contributed by atoms with van der Waals surface area (Å²) in [6.45, 7) is 3.19. The summed E-state index contributed by atoms with van der Waals surface area (Å²) in [5.74, 6) is -3.11. The van der Waals surface area contributed by atoms with Crippen LogP contribution in [-0.4, -0.2) is 75.3 Å². The van der Waals surface area contributed by atoms with Crippen molar-refractivity contribution >= 4 is 57.7 Å². The lowest BCUT2D eigenvalue weighted by atomic mass is 9.77. The molecule has 0 bridgehead atoms. The summed E-state index contributed by atoms with van der Waals surface area (Å²) in [5, 5.41) is 21.8. The number of thiazole rings is 1. The Morgan fingerprint density at radius 1 is 0.981 bits per heavy atom. The largest absolute Gasteiger partial charge is 0.477 e. The van der Waals surface area contributed by atoms with E-state index in [0.717, 1.165) is 27.2 Å². The van der Waals surface area contributed by atoms with Crippen molar-refractivity contribution in [1.82, 2.24) is 15.2 Å². The van der Waals surface area contributed by atoms with Gasteiger partial charge in [-0.25, -0.2) is 14.6 Å². The van der Waals surface area contributed by atoms with Gasteiger partial charge in [0, 0.05) is 22.8 Å². The second kappa shape index (κ2) is 15.7. The van der Waals surface area contributed by atoms with E-state index in [1.165, 1.54) is 36.3 Å². The summed E-state index contributed by atoms with van der Waals surface area (Å²) in [4.78, 5) is 62.3. The van der Waals surface area contributed by atoms with Crippen molar-refractivity contribution in [2.75, 3.05) is 24.8 Å². The lowest BCUT2D eigenvalue weighted by molar-refractivity contribution is -0.150. The number of allylic oxidation sites excluding steroid dienone is 1. The van der Waals surface area contributed by atoms with Crippen LogP contribution in [0, 0.1) is 0 Å². The number of aromatic nitrogens is 1. The number of carboxylic acid groups (broad SMARTS) is 1. The van der Waals surface area contributed by atoms with Crippen molar-refractivity contribution in [1.29, 1.82) is 0 Å². The van der Waals surface area contributed by atoms with Gasteiger partial charge in [-0.05, 0) is 30.5 Å². The molecule has 2 aliphatic heterocycles. The van der Waals surface area contributed by atoms with Gasteiger partial charge in [0.05, 0.1) is 0 Å². The average Bonchev–Trinajstić information content (AvgIpc) is 3.62. The number of thioether (sulfide) groups is 1. The number of benzene rings is 3. The Hall–Kier alpha value is -5.73. The predicted octanol–water partition coefficient (Wildman–Crippen LogP) is 5.15. The molecule has 3 heterocycles. The van der Waals surface area contributed by atoms with E-state index in [1.807, 2.05) is 91.0 Å². The highest BCUT2D eigenvalue weighted by Crippen LogP contribution is 2.42. The number of esters is 1. The second-order valence-corrected chi connectivity index (χ2v) is 14.0. The fraction of sp³-hybridized carbons (Fsp3) is 0.211. The Kier molecular flexibility index (Phi) is 10.9. The number of fused-ring (bicyclic) bond motifs is 1. The number of anilines is 1. The van der Waals surface area contributed by atoms with Crippen molar-refractivity contribution in [2.24, 2.45) is 5.16 Å². The Morgan fingerprint density at radius 3 is 2.08 bits per heavy atom. The van der Waals surface area contributed by atoms with E-state index in [-0.39, 0.29) is 35.0 Å². The molecule has 0 aliphatic carbocycles. The number of aliphatic carboxylic acids is 1. The van der Waals surface area contributed by atoms with Crippen molar-refractivity contribution in [2.45, 2.75) is 30.8 Å². The van der Waals surface area contributed by atoms with Crippen LogP contribution in [0.1, 0.15) is 36.2 Å². The third kappa shape index (κ3) is 7.20. The van der Waals surface area contributed by atoms with E-state index in [0.29, 0.717) is 5.13 Å². The van der Waals surface area contributed by atoms with Crippen LogP contribution in [0.25, 0.3) is 0 Å². The van der Waals surface area contributed by atoms with Gasteiger partial charge >= 0.3 is 11.9 Å². The highest BCUT2D eigenvalue weighted by molar-refractivity contribution is 8.00. The first-order valence-electron chi connectivity index (χ1n) is 16.2. The molecule has 14 heteroatoms. The molecule has 2 aliphatic rings. The maximum absolute atomic E-state index is 13.7. The Labute approximate surface area is 308 Å². The number of amides is 2. The molecular formula is C38H35N5O7S2. The standard InChI is InChI=1S/C38H35N5O7S2/c1-23(2)19-29(44)50-20-24-21-51-35-31(34(46)43(35)32(24)36(47)48)40-33(45)30(42-49-3)28-22-52-37(39-28)41-38(25-13-7-4-8-14-25,26-15-9-5-10-16-26)27-17-11-6-12-18-27/h4-19,22,31,35H,20-21H2,1-3H3,(H,39,41)(H,40,45)(H,47,48)/b42-30-/t31-,35-/m1/s1. The average molecular weight is 738 g/mol. The zero-order valence-electron chi connectivity index (χ0n) is 28.4. The number of hydrogen-bond acceptors (Lipinski definition) is 11. The van der Waals surface area contributed by atoms with Crippen LogP contribution in [-0.2, 0) is 34.3 Å². The van der Waals surface area contributed by atoms with E-state index in [4.69, 9.17) is 14.6 Å². The maximum atomic E-state index is 13.7. The molecule has 4 aromatic rings. The van der Waals surface area contributed by atoms with Gasteiger partial charge in [-0.3, -0.25) is 14.5 Å². The number of β-lactam (4-membered cyclic amide) rings is 1. The minimum absolute atomic E-state index is 0.163. The van der Waals surface area contributed by atoms with Gasteiger partial charge in [0.2, 0.25) is 0 Å². The van der Waals surface area contributed by atoms with Gasteiger partial charge in [0.25, 0.3) is 11.8 Å². The molecule has 6 rings (SSSR count). The zero-order chi connectivity index (χ0) is 36.8. The van der Waals surface area contributed by atoms with Gasteiger partial charge in [-0.2, -0.15) is 0 Å². The normalized spacial score (nSPS) is 17.0. The lowest BCUT2D eigenvalue weighted by Gasteiger charge is -2.49. The number of nitrogens with one attached hydrogen (secondary N) is 2. The molecule has 1 aromatic heterocycles. The number of hydrogen-bond donors (Lipinski definition) is 3. The summed E-state index contributed by atoms with van der Waals surface area (Å²) in [7, 11) is 1.30. The number of nitrogens with zero attached hydrogens (tertiary/aromatic N) is 3. The van der Waals surface area contributed by atoms with Gasteiger partial charge in [-0.15, -0.1) is 23.1 Å². The third-order valence-electron chi connectivity index (χ3n) is 8.39. The van der Waals surface area contributed by atoms with E-state index in [1.54, 1.807) is 19.2 Å². The molecular weight excluding hydrogens is 703 g/mol. The Morgan fingerprint density at radius 2 is 1.56 bits per heavy atom. The summed E-state index contributed by atoms with van der Waals surface area (Å²) in [6, 6.07) is 28.9. The lowest BCUT2D eigenvalue weighted by Crippen LogP contribution is -2.71. The molecule has 12 nitrogen and oxygen atoms in total. The molecule has 3 aromatic carbocycles. The quantitative estimate of drug-likeness (QED) is 0.0419. The van der Waals surface area contributed by atoms with Crippen LogP contribution in [0.4, 0.5) is 5.13 Å². The third-order valence-corrected chi connectivity index (χ3v) is 10.5. The monoisotopic (exact) mass is 737 g/mol. The van der Waals surface area contributed by atoms with E-state index in [2.05, 4.69) is 15.8 Å². The smallest absolute Gasteiger partial charge is 0.352 e. The Balaban J connectivity index is 1.24. The number of oxime groups is 1. The Bertz CT molecular complexity index is 1970. The van der Waals surface area contributed by atoms with Gasteiger partial charge < -0.3 is 25.3 Å². The van der Waals surface area contributed by atoms with Crippen LogP contribution in [0.15, 0.2) is 124 Å². The van der Waals surface area contributed by atoms with E-state index in [9.17, 15) is 24.3 Å². The first-order valence-corrected chi connectivity index (χ1v) is 18.1. The molecule has 0 radical (unpaired) electrons. The molecule has 0 unspecified atom stereocenters. The minimum Gasteiger partial charge on any atom is -0.477 e. The molecule has 0 saturated carbocycles. The SMILES string of the molecule is CO/N=C(\C(=O)N[C@@H]1C(=O)N2C(C(=O)O)=C(COC(=O)C=C(C)C)CS[C@H]12)c1csc(NC(c2ccccc2)(c2ccccc2)c2ccccc2)n1. The number of carbonyl (C=O) groups excluding carboxylic acids is 3. The van der Waals surface area contributed by atoms with Crippen LogP contribution in [0.5, 0.6) is 0 Å². The molecule has 2 atom stereocenters. The topological polar surface area (TPSA) is 160 Å².